The summed E-state index contributed by atoms with van der Waals surface area (Å²) in [7, 11) is 0. The Balaban J connectivity index is 0. The average molecular weight is 92.1 g/mol. The van der Waals surface area contributed by atoms with Gasteiger partial charge in [0, 0.05) is 0 Å². The zero-order valence-electron chi connectivity index (χ0n) is 4.06. The number of ether oxygens (including phenoxy) is 1. The van der Waals surface area contributed by atoms with Crippen molar-refractivity contribution >= 4 is 18.9 Å². The molecule has 0 atom stereocenters. The third kappa shape index (κ3) is 10.7. The van der Waals surface area contributed by atoms with E-state index in [1.807, 2.05) is 13.8 Å². The summed E-state index contributed by atoms with van der Waals surface area (Å²) in [6.07, 6.45) is 6.99. The zero-order chi connectivity index (χ0) is 4.99. The van der Waals surface area contributed by atoms with E-state index in [-0.39, 0.29) is 25.0 Å². The van der Waals surface area contributed by atoms with E-state index in [2.05, 4.69) is 10.8 Å². The second-order valence-corrected chi connectivity index (χ2v) is 1.28. The van der Waals surface area contributed by atoms with Gasteiger partial charge in [0.1, 0.15) is 12.2 Å². The van der Waals surface area contributed by atoms with Crippen LogP contribution in [-0.4, -0.2) is 25.0 Å². The minimum absolute atomic E-state index is 0. The molecule has 0 spiro atoms. The van der Waals surface area contributed by atoms with Gasteiger partial charge in [-0.3, -0.25) is 0 Å². The van der Waals surface area contributed by atoms with Crippen molar-refractivity contribution in [3.8, 4) is 12.5 Å². The molecule has 0 bridgehead atoms. The summed E-state index contributed by atoms with van der Waals surface area (Å²) in [5, 5.41) is 0. The maximum absolute atomic E-state index is 4.76. The molecule has 7 heavy (non-hydrogen) atoms. The summed E-state index contributed by atoms with van der Waals surface area (Å²) < 4.78 is 4.57. The molecule has 0 aromatic rings. The molecule has 36 valence electrons. The molecule has 0 N–H and O–H groups in total. The first-order valence-electron chi connectivity index (χ1n) is 1.88. The Labute approximate surface area is 56.6 Å². The van der Waals surface area contributed by atoms with Crippen LogP contribution in [-0.2, 0) is 4.74 Å². The summed E-state index contributed by atoms with van der Waals surface area (Å²) >= 11 is 0. The van der Waals surface area contributed by atoms with Crippen LogP contribution in [0.5, 0.6) is 0 Å². The molecule has 0 aliphatic heterocycles. The van der Waals surface area contributed by atoms with Crippen LogP contribution in [0.3, 0.4) is 0 Å². The predicted octanol–water partition coefficient (Wildman–Crippen LogP) is 0.354. The molecule has 0 unspecified atom stereocenters. The van der Waals surface area contributed by atoms with Gasteiger partial charge in [0.15, 0.2) is 0 Å². The first kappa shape index (κ1) is 10.0. The van der Waals surface area contributed by atoms with Crippen molar-refractivity contribution in [2.75, 3.05) is 0 Å². The molecular weight excluding hydrogens is 83.0 g/mol. The van der Waals surface area contributed by atoms with Crippen LogP contribution in [0.4, 0.5) is 0 Å². The topological polar surface area (TPSA) is 9.23 Å². The standard InChI is InChI=1S/C5H8O.Li.H/c1-4-6-5(2)3;;/h1,5H,2-3H3;;. The minimum atomic E-state index is 0. The average Bonchev–Trinajstić information content (AvgIpc) is 1.35. The number of hydrogen-bond donors (Lipinski definition) is 0. The Kier molecular flexibility index (Phi) is 8.55. The fourth-order valence-electron chi connectivity index (χ4n) is 0.136. The van der Waals surface area contributed by atoms with Crippen LogP contribution in [0, 0.1) is 12.5 Å². The summed E-state index contributed by atoms with van der Waals surface area (Å²) in [6.45, 7) is 3.78. The molecule has 0 fully saturated rings. The summed E-state index contributed by atoms with van der Waals surface area (Å²) in [6, 6.07) is 0. The van der Waals surface area contributed by atoms with Crippen LogP contribution in [0.15, 0.2) is 0 Å². The van der Waals surface area contributed by atoms with E-state index >= 15 is 0 Å². The molecule has 1 nitrogen and oxygen atoms in total. The summed E-state index contributed by atoms with van der Waals surface area (Å²) in [5.74, 6) is 0. The van der Waals surface area contributed by atoms with Crippen molar-refractivity contribution < 1.29 is 4.74 Å². The van der Waals surface area contributed by atoms with Crippen LogP contribution >= 0.6 is 0 Å². The van der Waals surface area contributed by atoms with E-state index in [9.17, 15) is 0 Å². The Morgan fingerprint density at radius 2 is 2.00 bits per heavy atom. The molecule has 0 aromatic heterocycles. The second-order valence-electron chi connectivity index (χ2n) is 1.28. The zero-order valence-corrected chi connectivity index (χ0v) is 4.06. The fourth-order valence-corrected chi connectivity index (χ4v) is 0.136. The SMILES string of the molecule is C#COC(C)C.[LiH]. The Morgan fingerprint density at radius 1 is 1.57 bits per heavy atom. The second kappa shape index (κ2) is 5.96. The monoisotopic (exact) mass is 92.1 g/mol. The first-order chi connectivity index (χ1) is 2.77. The van der Waals surface area contributed by atoms with E-state index < -0.39 is 0 Å². The molecule has 0 aliphatic rings. The van der Waals surface area contributed by atoms with Crippen molar-refractivity contribution in [1.29, 1.82) is 0 Å². The molecule has 0 heterocycles. The molecule has 0 radical (unpaired) electrons. The van der Waals surface area contributed by atoms with E-state index in [0.717, 1.165) is 0 Å². The van der Waals surface area contributed by atoms with Crippen LogP contribution in [0.25, 0.3) is 0 Å². The van der Waals surface area contributed by atoms with Gasteiger partial charge in [-0.2, -0.15) is 0 Å². The third-order valence-electron chi connectivity index (χ3n) is 0.304. The van der Waals surface area contributed by atoms with Crippen molar-refractivity contribution in [3.63, 3.8) is 0 Å². The maximum atomic E-state index is 4.76. The van der Waals surface area contributed by atoms with E-state index in [1.54, 1.807) is 0 Å². The van der Waals surface area contributed by atoms with Gasteiger partial charge < -0.3 is 4.74 Å². The molecule has 0 aliphatic carbocycles. The molecule has 0 saturated heterocycles. The third-order valence-corrected chi connectivity index (χ3v) is 0.304. The van der Waals surface area contributed by atoms with Gasteiger partial charge in [-0.15, -0.1) is 0 Å². The molecule has 0 saturated carbocycles. The number of rotatable bonds is 1. The Bertz CT molecular complexity index is 63.0. The van der Waals surface area contributed by atoms with E-state index in [4.69, 9.17) is 6.42 Å². The number of hydrogen-bond acceptors (Lipinski definition) is 1. The molecule has 0 aromatic carbocycles. The van der Waals surface area contributed by atoms with Crippen LogP contribution < -0.4 is 0 Å². The van der Waals surface area contributed by atoms with Gasteiger partial charge in [0.05, 0.1) is 0 Å². The van der Waals surface area contributed by atoms with Crippen LogP contribution in [0.2, 0.25) is 0 Å². The normalized spacial score (nSPS) is 6.57. The van der Waals surface area contributed by atoms with Gasteiger partial charge in [0.25, 0.3) is 0 Å². The van der Waals surface area contributed by atoms with Crippen molar-refractivity contribution in [1.82, 2.24) is 0 Å². The van der Waals surface area contributed by atoms with E-state index in [0.29, 0.717) is 0 Å². The Morgan fingerprint density at radius 3 is 2.00 bits per heavy atom. The van der Waals surface area contributed by atoms with Gasteiger partial charge in [0.2, 0.25) is 0 Å². The summed E-state index contributed by atoms with van der Waals surface area (Å²) in [4.78, 5) is 0. The fraction of sp³-hybridized carbons (Fsp3) is 0.600. The van der Waals surface area contributed by atoms with Gasteiger partial charge in [-0.25, -0.2) is 0 Å². The van der Waals surface area contributed by atoms with Crippen molar-refractivity contribution in [2.45, 2.75) is 20.0 Å². The van der Waals surface area contributed by atoms with Crippen molar-refractivity contribution in [3.05, 3.63) is 0 Å². The molecule has 0 amide bonds. The summed E-state index contributed by atoms with van der Waals surface area (Å²) in [5.41, 5.74) is 0. The Hall–Kier alpha value is -0.0426. The quantitative estimate of drug-likeness (QED) is 0.335. The molecule has 2 heteroatoms. The predicted molar refractivity (Wildman–Crippen MR) is 32.2 cm³/mol. The van der Waals surface area contributed by atoms with E-state index in [1.165, 1.54) is 0 Å². The molecular formula is C5H9LiO. The van der Waals surface area contributed by atoms with Crippen LogP contribution in [0.1, 0.15) is 13.8 Å². The molecule has 0 rings (SSSR count). The number of terminal acetylenes is 1. The van der Waals surface area contributed by atoms with Gasteiger partial charge in [-0.05, 0) is 13.8 Å². The van der Waals surface area contributed by atoms with Crippen molar-refractivity contribution in [2.24, 2.45) is 0 Å². The van der Waals surface area contributed by atoms with Gasteiger partial charge >= 0.3 is 18.9 Å². The first-order valence-corrected chi connectivity index (χ1v) is 1.88. The van der Waals surface area contributed by atoms with Gasteiger partial charge in [-0.1, -0.05) is 6.42 Å².